The molecular weight excluding hydrogens is 476 g/mol. The van der Waals surface area contributed by atoms with Crippen LogP contribution in [0.4, 0.5) is 0 Å². The summed E-state index contributed by atoms with van der Waals surface area (Å²) in [6.07, 6.45) is 0.534. The van der Waals surface area contributed by atoms with Crippen LogP contribution in [0.25, 0.3) is 0 Å². The van der Waals surface area contributed by atoms with Crippen molar-refractivity contribution in [2.75, 3.05) is 7.11 Å². The lowest BCUT2D eigenvalue weighted by atomic mass is 9.43. The number of hydrogen-bond acceptors (Lipinski definition) is 8. The van der Waals surface area contributed by atoms with Crippen molar-refractivity contribution in [1.82, 2.24) is 0 Å². The van der Waals surface area contributed by atoms with Crippen molar-refractivity contribution in [3.63, 3.8) is 0 Å². The Kier molecular flexibility index (Phi) is 5.66. The molecule has 2 heterocycles. The summed E-state index contributed by atoms with van der Waals surface area (Å²) in [5.74, 6) is -0.475. The molecule has 4 aliphatic carbocycles. The van der Waals surface area contributed by atoms with E-state index in [1.165, 1.54) is 7.11 Å². The number of epoxide rings is 1. The van der Waals surface area contributed by atoms with Gasteiger partial charge in [0.25, 0.3) is 0 Å². The highest BCUT2D eigenvalue weighted by atomic mass is 16.6. The summed E-state index contributed by atoms with van der Waals surface area (Å²) >= 11 is 0. The van der Waals surface area contributed by atoms with Crippen LogP contribution in [-0.2, 0) is 23.8 Å². The van der Waals surface area contributed by atoms with Gasteiger partial charge in [0.2, 0.25) is 0 Å². The lowest BCUT2D eigenvalue weighted by Crippen LogP contribution is -2.68. The zero-order valence-electron chi connectivity index (χ0n) is 23.0. The Morgan fingerprint density at radius 3 is 2.43 bits per heavy atom. The molecule has 6 aliphatic rings. The second-order valence-corrected chi connectivity index (χ2v) is 14.0. The van der Waals surface area contributed by atoms with Crippen molar-refractivity contribution in [3.8, 4) is 0 Å². The number of aliphatic hydroxyl groups excluding tert-OH is 2. The van der Waals surface area contributed by atoms with Crippen molar-refractivity contribution >= 4 is 11.8 Å². The zero-order valence-corrected chi connectivity index (χ0v) is 23.0. The lowest BCUT2D eigenvalue weighted by Gasteiger charge is -2.60. The molecule has 15 atom stereocenters. The summed E-state index contributed by atoms with van der Waals surface area (Å²) in [5, 5.41) is 34.8. The summed E-state index contributed by atoms with van der Waals surface area (Å²) in [5.41, 5.74) is -3.43. The molecule has 0 aromatic rings. The molecule has 3 N–H and O–H groups in total. The van der Waals surface area contributed by atoms with E-state index in [1.54, 1.807) is 6.92 Å². The number of aliphatic hydroxyl groups is 3. The summed E-state index contributed by atoms with van der Waals surface area (Å²) in [4.78, 5) is 26.2. The van der Waals surface area contributed by atoms with Crippen LogP contribution in [-0.4, -0.2) is 75.9 Å². The molecule has 37 heavy (non-hydrogen) atoms. The molecule has 0 aromatic heterocycles. The Labute approximate surface area is 219 Å². The molecule has 0 amide bonds. The molecule has 2 aliphatic heterocycles. The minimum Gasteiger partial charge on any atom is -0.459 e. The summed E-state index contributed by atoms with van der Waals surface area (Å²) in [6, 6.07) is 0. The van der Waals surface area contributed by atoms with Crippen molar-refractivity contribution in [2.24, 2.45) is 46.3 Å². The molecule has 0 radical (unpaired) electrons. The summed E-state index contributed by atoms with van der Waals surface area (Å²) in [7, 11) is 1.53. The Morgan fingerprint density at radius 2 is 1.78 bits per heavy atom. The first-order valence-corrected chi connectivity index (χ1v) is 14.3. The number of rotatable bonds is 3. The third-order valence-electron chi connectivity index (χ3n) is 12.7. The van der Waals surface area contributed by atoms with Gasteiger partial charge in [-0.15, -0.1) is 0 Å². The maximum absolute atomic E-state index is 13.7. The van der Waals surface area contributed by atoms with Crippen molar-refractivity contribution < 1.29 is 39.1 Å². The zero-order chi connectivity index (χ0) is 26.9. The SMILES string of the molecule is COC1CC(=O)C2(C)C3CCC4(C)C(CC(O)C4C(C)(O)C4CC(C)C(C)C(=O)O4)C3CC3OC32C1O. The fraction of sp³-hybridized carbons (Fsp3) is 0.931. The van der Waals surface area contributed by atoms with Crippen LogP contribution in [0.3, 0.4) is 0 Å². The lowest BCUT2D eigenvalue weighted by molar-refractivity contribution is -0.211. The van der Waals surface area contributed by atoms with E-state index in [-0.39, 0.29) is 59.3 Å². The van der Waals surface area contributed by atoms with Gasteiger partial charge in [-0.05, 0) is 75.0 Å². The highest BCUT2D eigenvalue weighted by Gasteiger charge is 2.82. The van der Waals surface area contributed by atoms with E-state index in [4.69, 9.17) is 14.2 Å². The maximum atomic E-state index is 13.7. The van der Waals surface area contributed by atoms with Gasteiger partial charge in [0, 0.05) is 19.4 Å². The quantitative estimate of drug-likeness (QED) is 0.382. The number of esters is 1. The largest absolute Gasteiger partial charge is 0.459 e. The molecule has 8 heteroatoms. The Hall–Kier alpha value is -1.06. The second-order valence-electron chi connectivity index (χ2n) is 14.0. The van der Waals surface area contributed by atoms with E-state index < -0.39 is 47.0 Å². The number of carbonyl (C=O) groups excluding carboxylic acids is 2. The number of cyclic esters (lactones) is 1. The average Bonchev–Trinajstić information content (AvgIpc) is 3.49. The normalized spacial score (nSPS) is 58.4. The van der Waals surface area contributed by atoms with Gasteiger partial charge in [-0.1, -0.05) is 20.8 Å². The van der Waals surface area contributed by atoms with Crippen LogP contribution in [0.2, 0.25) is 0 Å². The molecule has 6 fully saturated rings. The van der Waals surface area contributed by atoms with Gasteiger partial charge in [0.15, 0.2) is 0 Å². The first-order chi connectivity index (χ1) is 17.2. The highest BCUT2D eigenvalue weighted by molar-refractivity contribution is 5.89. The fourth-order valence-electron chi connectivity index (χ4n) is 10.4. The molecular formula is C29H44O8. The van der Waals surface area contributed by atoms with E-state index in [0.717, 1.165) is 19.3 Å². The van der Waals surface area contributed by atoms with Gasteiger partial charge in [0.05, 0.1) is 29.6 Å². The second kappa shape index (κ2) is 8.00. The van der Waals surface area contributed by atoms with Crippen LogP contribution in [0.1, 0.15) is 73.1 Å². The molecule has 15 unspecified atom stereocenters. The van der Waals surface area contributed by atoms with E-state index in [9.17, 15) is 24.9 Å². The van der Waals surface area contributed by atoms with Crippen molar-refractivity contribution in [3.05, 3.63) is 0 Å². The van der Waals surface area contributed by atoms with Gasteiger partial charge in [0.1, 0.15) is 29.2 Å². The molecule has 2 saturated heterocycles. The monoisotopic (exact) mass is 520 g/mol. The number of Topliss-reactive ketones (excluding diaryl/α,β-unsaturated/α-hetero) is 1. The van der Waals surface area contributed by atoms with E-state index in [0.29, 0.717) is 12.8 Å². The third-order valence-corrected chi connectivity index (χ3v) is 12.7. The third kappa shape index (κ3) is 3.08. The number of methoxy groups -OCH3 is 1. The predicted molar refractivity (Wildman–Crippen MR) is 132 cm³/mol. The predicted octanol–water partition coefficient (Wildman–Crippen LogP) is 2.25. The van der Waals surface area contributed by atoms with Gasteiger partial charge < -0.3 is 29.5 Å². The van der Waals surface area contributed by atoms with Crippen LogP contribution < -0.4 is 0 Å². The van der Waals surface area contributed by atoms with Gasteiger partial charge in [-0.25, -0.2) is 0 Å². The Bertz CT molecular complexity index is 996. The average molecular weight is 521 g/mol. The van der Waals surface area contributed by atoms with Gasteiger partial charge in [-0.2, -0.15) is 0 Å². The summed E-state index contributed by atoms with van der Waals surface area (Å²) in [6.45, 7) is 9.79. The first-order valence-electron chi connectivity index (χ1n) is 14.3. The summed E-state index contributed by atoms with van der Waals surface area (Å²) < 4.78 is 17.5. The number of carbonyl (C=O) groups is 2. The van der Waals surface area contributed by atoms with E-state index >= 15 is 0 Å². The molecule has 0 aromatic carbocycles. The van der Waals surface area contributed by atoms with E-state index in [1.807, 2.05) is 20.8 Å². The molecule has 6 rings (SSSR count). The van der Waals surface area contributed by atoms with Gasteiger partial charge >= 0.3 is 5.97 Å². The fourth-order valence-corrected chi connectivity index (χ4v) is 10.4. The van der Waals surface area contributed by atoms with Crippen LogP contribution in [0, 0.1) is 46.3 Å². The highest BCUT2D eigenvalue weighted by Crippen LogP contribution is 2.74. The van der Waals surface area contributed by atoms with Crippen LogP contribution in [0.5, 0.6) is 0 Å². The molecule has 4 saturated carbocycles. The number of ether oxygens (including phenoxy) is 3. The molecule has 1 spiro atoms. The number of fused-ring (bicyclic) bond motifs is 4. The van der Waals surface area contributed by atoms with Crippen LogP contribution in [0.15, 0.2) is 0 Å². The smallest absolute Gasteiger partial charge is 0.309 e. The van der Waals surface area contributed by atoms with E-state index in [2.05, 4.69) is 6.92 Å². The Morgan fingerprint density at radius 1 is 1.08 bits per heavy atom. The number of hydrogen-bond donors (Lipinski definition) is 3. The molecule has 8 nitrogen and oxygen atoms in total. The van der Waals surface area contributed by atoms with Gasteiger partial charge in [-0.3, -0.25) is 9.59 Å². The topological polar surface area (TPSA) is 126 Å². The van der Waals surface area contributed by atoms with Crippen LogP contribution >= 0.6 is 0 Å². The van der Waals surface area contributed by atoms with Crippen molar-refractivity contribution in [2.45, 2.75) is 115 Å². The number of ketones is 1. The minimum atomic E-state index is -1.37. The standard InChI is InChI=1S/C29H44O8/c1-13-9-21(36-25(33)14(13)2)28(5,34)23-18(30)11-17-15-10-22-29(37-22)24(32)19(35-6)12-20(31)27(29,4)16(15)7-8-26(17,23)3/h13-19,21-24,30,32,34H,7-12H2,1-6H3. The maximum Gasteiger partial charge on any atom is 0.309 e. The van der Waals surface area contributed by atoms with Crippen molar-refractivity contribution in [1.29, 1.82) is 0 Å². The minimum absolute atomic E-state index is 0.0357. The molecule has 208 valence electrons. The Balaban J connectivity index is 1.32. The first kappa shape index (κ1) is 26.2. The molecule has 0 bridgehead atoms.